The molecule has 0 aliphatic heterocycles. The van der Waals surface area contributed by atoms with Crippen LogP contribution in [0, 0.1) is 0 Å². The van der Waals surface area contributed by atoms with Crippen LogP contribution in [0.15, 0.2) is 35.3 Å². The first-order valence-electron chi connectivity index (χ1n) is 6.60. The Hall–Kier alpha value is -1.20. The predicted molar refractivity (Wildman–Crippen MR) is 77.8 cm³/mol. The molecule has 3 rings (SSSR count). The fourth-order valence-electron chi connectivity index (χ4n) is 2.79. The fraction of sp³-hybridized carbons (Fsp3) is 0.429. The second-order valence-electron chi connectivity index (χ2n) is 5.08. The lowest BCUT2D eigenvalue weighted by Crippen LogP contribution is -2.33. The lowest BCUT2D eigenvalue weighted by Gasteiger charge is -2.20. The van der Waals surface area contributed by atoms with Crippen LogP contribution in [-0.2, 0) is 13.0 Å². The van der Waals surface area contributed by atoms with Crippen molar-refractivity contribution in [1.82, 2.24) is 20.1 Å². The molecule has 1 N–H and O–H groups in total. The van der Waals surface area contributed by atoms with Crippen molar-refractivity contribution in [2.24, 2.45) is 0 Å². The van der Waals surface area contributed by atoms with Crippen LogP contribution in [-0.4, -0.2) is 20.8 Å². The summed E-state index contributed by atoms with van der Waals surface area (Å²) in [6.07, 6.45) is 5.65. The third-order valence-corrected chi connectivity index (χ3v) is 4.37. The summed E-state index contributed by atoms with van der Waals surface area (Å²) in [4.78, 5) is 3.97. The van der Waals surface area contributed by atoms with Crippen LogP contribution in [0.1, 0.15) is 30.5 Å². The number of halogens is 1. The monoisotopic (exact) mass is 320 g/mol. The topological polar surface area (TPSA) is 42.7 Å². The second kappa shape index (κ2) is 5.43. The van der Waals surface area contributed by atoms with Crippen LogP contribution >= 0.6 is 15.9 Å². The third-order valence-electron chi connectivity index (χ3n) is 3.63. The number of hydrogen-bond acceptors (Lipinski definition) is 3. The summed E-state index contributed by atoms with van der Waals surface area (Å²) in [7, 11) is 0. The molecular weight excluding hydrogens is 304 g/mol. The molecule has 0 spiro atoms. The lowest BCUT2D eigenvalue weighted by molar-refractivity contribution is 0.397. The van der Waals surface area contributed by atoms with Crippen molar-refractivity contribution in [3.63, 3.8) is 0 Å². The van der Waals surface area contributed by atoms with E-state index in [1.54, 1.807) is 12.7 Å². The molecule has 0 bridgehead atoms. The van der Waals surface area contributed by atoms with E-state index < -0.39 is 0 Å². The maximum atomic E-state index is 4.15. The molecule has 1 heterocycles. The van der Waals surface area contributed by atoms with Gasteiger partial charge in [-0.05, 0) is 37.0 Å². The summed E-state index contributed by atoms with van der Waals surface area (Å²) < 4.78 is 3.10. The third kappa shape index (κ3) is 2.72. The Labute approximate surface area is 121 Å². The van der Waals surface area contributed by atoms with Gasteiger partial charge in [0.2, 0.25) is 0 Å². The molecule has 1 aliphatic carbocycles. The summed E-state index contributed by atoms with van der Waals surface area (Å²) in [6.45, 7) is 3.04. The number of fused-ring (bicyclic) bond motifs is 1. The molecule has 1 aromatic heterocycles. The Morgan fingerprint density at radius 2 is 2.42 bits per heavy atom. The first-order chi connectivity index (χ1) is 9.24. The minimum absolute atomic E-state index is 0.372. The first kappa shape index (κ1) is 12.8. The van der Waals surface area contributed by atoms with E-state index in [4.69, 9.17) is 0 Å². The molecule has 1 aliphatic rings. The molecule has 0 radical (unpaired) electrons. The van der Waals surface area contributed by atoms with E-state index in [1.165, 1.54) is 22.0 Å². The van der Waals surface area contributed by atoms with Gasteiger partial charge < -0.3 is 5.32 Å². The van der Waals surface area contributed by atoms with Crippen molar-refractivity contribution < 1.29 is 0 Å². The second-order valence-corrected chi connectivity index (χ2v) is 5.94. The highest BCUT2D eigenvalue weighted by molar-refractivity contribution is 9.10. The molecule has 0 saturated heterocycles. The van der Waals surface area contributed by atoms with E-state index in [-0.39, 0.29) is 0 Å². The van der Waals surface area contributed by atoms with Gasteiger partial charge in [-0.25, -0.2) is 4.98 Å². The van der Waals surface area contributed by atoms with Crippen LogP contribution < -0.4 is 5.32 Å². The van der Waals surface area contributed by atoms with E-state index in [0.717, 1.165) is 13.0 Å². The zero-order valence-corrected chi connectivity index (χ0v) is 12.5. The van der Waals surface area contributed by atoms with Crippen LogP contribution in [0.2, 0.25) is 0 Å². The molecular formula is C14H17BrN4. The highest BCUT2D eigenvalue weighted by Gasteiger charge is 2.24. The van der Waals surface area contributed by atoms with E-state index in [9.17, 15) is 0 Å². The SMILES string of the molecule is C[C@@H](Cn1cncn1)N[C@@H]1CCc2c(Br)cccc21. The normalized spacial score (nSPS) is 19.4. The van der Waals surface area contributed by atoms with Gasteiger partial charge in [0.25, 0.3) is 0 Å². The molecule has 2 atom stereocenters. The summed E-state index contributed by atoms with van der Waals surface area (Å²) in [5.41, 5.74) is 2.88. The van der Waals surface area contributed by atoms with E-state index in [0.29, 0.717) is 12.1 Å². The molecule has 0 unspecified atom stereocenters. The van der Waals surface area contributed by atoms with Crippen molar-refractivity contribution >= 4 is 15.9 Å². The summed E-state index contributed by atoms with van der Waals surface area (Å²) in [5, 5.41) is 7.84. The minimum atomic E-state index is 0.372. The number of nitrogens with zero attached hydrogens (tertiary/aromatic N) is 3. The Balaban J connectivity index is 1.68. The summed E-state index contributed by atoms with van der Waals surface area (Å²) in [6, 6.07) is 7.29. The zero-order valence-electron chi connectivity index (χ0n) is 10.9. The summed E-state index contributed by atoms with van der Waals surface area (Å²) >= 11 is 3.64. The van der Waals surface area contributed by atoms with Crippen molar-refractivity contribution in [2.45, 2.75) is 38.4 Å². The van der Waals surface area contributed by atoms with Gasteiger partial charge in [0.1, 0.15) is 12.7 Å². The number of hydrogen-bond donors (Lipinski definition) is 1. The van der Waals surface area contributed by atoms with Crippen LogP contribution in [0.5, 0.6) is 0 Å². The molecule has 19 heavy (non-hydrogen) atoms. The van der Waals surface area contributed by atoms with Gasteiger partial charge in [0.05, 0.1) is 6.54 Å². The van der Waals surface area contributed by atoms with Gasteiger partial charge in [-0.2, -0.15) is 5.10 Å². The molecule has 100 valence electrons. The quantitative estimate of drug-likeness (QED) is 0.941. The Morgan fingerprint density at radius 3 is 3.21 bits per heavy atom. The van der Waals surface area contributed by atoms with Gasteiger partial charge >= 0.3 is 0 Å². The van der Waals surface area contributed by atoms with Crippen LogP contribution in [0.25, 0.3) is 0 Å². The highest BCUT2D eigenvalue weighted by Crippen LogP contribution is 2.35. The largest absolute Gasteiger partial charge is 0.306 e. The minimum Gasteiger partial charge on any atom is -0.306 e. The van der Waals surface area contributed by atoms with Gasteiger partial charge in [0, 0.05) is 16.6 Å². The van der Waals surface area contributed by atoms with Crippen molar-refractivity contribution in [1.29, 1.82) is 0 Å². The van der Waals surface area contributed by atoms with Crippen LogP contribution in [0.4, 0.5) is 0 Å². The molecule has 2 aromatic rings. The lowest BCUT2D eigenvalue weighted by atomic mass is 10.1. The first-order valence-corrected chi connectivity index (χ1v) is 7.39. The van der Waals surface area contributed by atoms with Crippen molar-refractivity contribution in [3.8, 4) is 0 Å². The average molecular weight is 321 g/mol. The van der Waals surface area contributed by atoms with E-state index >= 15 is 0 Å². The number of aromatic nitrogens is 3. The molecule has 0 saturated carbocycles. The summed E-state index contributed by atoms with van der Waals surface area (Å²) in [5.74, 6) is 0. The van der Waals surface area contributed by atoms with E-state index in [1.807, 2.05) is 4.68 Å². The number of rotatable bonds is 4. The smallest absolute Gasteiger partial charge is 0.137 e. The number of benzene rings is 1. The maximum absolute atomic E-state index is 4.15. The van der Waals surface area contributed by atoms with Gasteiger partial charge in [-0.1, -0.05) is 28.1 Å². The van der Waals surface area contributed by atoms with Crippen molar-refractivity contribution in [3.05, 3.63) is 46.5 Å². The van der Waals surface area contributed by atoms with Crippen molar-refractivity contribution in [2.75, 3.05) is 0 Å². The highest BCUT2D eigenvalue weighted by atomic mass is 79.9. The maximum Gasteiger partial charge on any atom is 0.137 e. The predicted octanol–water partition coefficient (Wildman–Crippen LogP) is 2.71. The Morgan fingerprint density at radius 1 is 1.53 bits per heavy atom. The molecule has 0 amide bonds. The van der Waals surface area contributed by atoms with Gasteiger partial charge in [-0.15, -0.1) is 0 Å². The standard InChI is InChI=1S/C14H17BrN4/c1-10(7-19-9-16-8-17-19)18-14-6-5-11-12(14)3-2-4-13(11)15/h2-4,8-10,14,18H,5-7H2,1H3/t10-,14+/m0/s1. The molecule has 0 fully saturated rings. The molecule has 5 heteroatoms. The fourth-order valence-corrected chi connectivity index (χ4v) is 3.37. The molecule has 1 aromatic carbocycles. The average Bonchev–Trinajstić information content (AvgIpc) is 3.01. The Bertz CT molecular complexity index is 553. The van der Waals surface area contributed by atoms with Gasteiger partial charge in [0.15, 0.2) is 0 Å². The van der Waals surface area contributed by atoms with Crippen LogP contribution in [0.3, 0.4) is 0 Å². The van der Waals surface area contributed by atoms with E-state index in [2.05, 4.69) is 56.5 Å². The Kier molecular flexibility index (Phi) is 3.66. The number of nitrogens with one attached hydrogen (secondary N) is 1. The van der Waals surface area contributed by atoms with Gasteiger partial charge in [-0.3, -0.25) is 4.68 Å². The zero-order chi connectivity index (χ0) is 13.2. The molecule has 4 nitrogen and oxygen atoms in total.